The van der Waals surface area contributed by atoms with Crippen molar-refractivity contribution in [2.75, 3.05) is 0 Å². The smallest absolute Gasteiger partial charge is 0.0571 e. The molecule has 2 atom stereocenters. The van der Waals surface area contributed by atoms with Crippen LogP contribution in [0.4, 0.5) is 0 Å². The van der Waals surface area contributed by atoms with Crippen LogP contribution in [0.2, 0.25) is 0 Å². The highest BCUT2D eigenvalue weighted by Crippen LogP contribution is 2.64. The van der Waals surface area contributed by atoms with Crippen LogP contribution in [-0.2, 0) is 0 Å². The lowest BCUT2D eigenvalue weighted by atomic mass is 9.99. The van der Waals surface area contributed by atoms with Crippen molar-refractivity contribution in [2.24, 2.45) is 10.7 Å². The second kappa shape index (κ2) is 13.2. The number of hydrogen-bond donors (Lipinski definition) is 0. The average Bonchev–Trinajstić information content (AvgIpc) is 3.52. The standard InChI is InChI=1S/C37H45NP2/c1-30(36-28-17-29-37(36)39(31-18-7-2-8-19-31)32-20-9-3-10-21-32)38-40(33-22-11-4-12-23-33,34-24-13-5-14-25-34)35-26-15-6-16-27-35/h4-6,11-17,22-32,36H,2-3,7-10,18-21H2,1H3. The first-order valence-electron chi connectivity index (χ1n) is 15.7. The summed E-state index contributed by atoms with van der Waals surface area (Å²) in [6, 6.07) is 33.7. The van der Waals surface area contributed by atoms with Crippen LogP contribution in [0.5, 0.6) is 0 Å². The summed E-state index contributed by atoms with van der Waals surface area (Å²) in [6.07, 6.45) is 21.9. The minimum Gasteiger partial charge on any atom is -0.286 e. The Morgan fingerprint density at radius 2 is 1.05 bits per heavy atom. The van der Waals surface area contributed by atoms with Crippen molar-refractivity contribution in [3.05, 3.63) is 115 Å². The van der Waals surface area contributed by atoms with Crippen LogP contribution in [0, 0.1) is 5.92 Å². The fourth-order valence-corrected chi connectivity index (χ4v) is 15.5. The highest BCUT2D eigenvalue weighted by molar-refractivity contribution is 7.87. The molecule has 0 radical (unpaired) electrons. The number of allylic oxidation sites excluding steroid dienone is 2. The Morgan fingerprint density at radius 3 is 1.48 bits per heavy atom. The van der Waals surface area contributed by atoms with Crippen LogP contribution in [0.3, 0.4) is 0 Å². The van der Waals surface area contributed by atoms with Crippen molar-refractivity contribution < 1.29 is 0 Å². The van der Waals surface area contributed by atoms with Gasteiger partial charge in [-0.3, -0.25) is 4.74 Å². The van der Waals surface area contributed by atoms with E-state index in [1.54, 1.807) is 5.31 Å². The molecule has 0 spiro atoms. The van der Waals surface area contributed by atoms with Gasteiger partial charge in [0.25, 0.3) is 0 Å². The number of hydrogen-bond acceptors (Lipinski definition) is 1. The largest absolute Gasteiger partial charge is 0.286 e. The lowest BCUT2D eigenvalue weighted by molar-refractivity contribution is 0.484. The SMILES string of the molecule is CC(N=P(c1ccccc1)(c1ccccc1)c1ccccc1)C1C=CC=C1P(C1CCCCC1)C1CCCCC1. The molecule has 0 aromatic heterocycles. The Morgan fingerprint density at radius 1 is 0.625 bits per heavy atom. The van der Waals surface area contributed by atoms with Crippen LogP contribution in [0.1, 0.15) is 71.1 Å². The zero-order valence-electron chi connectivity index (χ0n) is 24.1. The maximum Gasteiger partial charge on any atom is 0.0571 e. The van der Waals surface area contributed by atoms with Gasteiger partial charge in [-0.2, -0.15) is 0 Å². The van der Waals surface area contributed by atoms with Gasteiger partial charge in [-0.1, -0.05) is 156 Å². The minimum atomic E-state index is -2.21. The number of nitrogens with zero attached hydrogens (tertiary/aromatic N) is 1. The van der Waals surface area contributed by atoms with Crippen LogP contribution >= 0.6 is 15.0 Å². The molecular weight excluding hydrogens is 520 g/mol. The van der Waals surface area contributed by atoms with Crippen molar-refractivity contribution in [1.29, 1.82) is 0 Å². The molecule has 0 saturated heterocycles. The predicted molar refractivity (Wildman–Crippen MR) is 178 cm³/mol. The van der Waals surface area contributed by atoms with E-state index in [4.69, 9.17) is 4.74 Å². The molecule has 2 unspecified atom stereocenters. The van der Waals surface area contributed by atoms with Gasteiger partial charge in [-0.05, 0) is 49.2 Å². The summed E-state index contributed by atoms with van der Waals surface area (Å²) in [5.41, 5.74) is 1.84. The molecule has 0 aliphatic heterocycles. The monoisotopic (exact) mass is 565 g/mol. The van der Waals surface area contributed by atoms with Gasteiger partial charge in [-0.25, -0.2) is 0 Å². The van der Waals surface area contributed by atoms with Crippen molar-refractivity contribution in [3.63, 3.8) is 0 Å². The van der Waals surface area contributed by atoms with Gasteiger partial charge >= 0.3 is 0 Å². The van der Waals surface area contributed by atoms with Crippen molar-refractivity contribution in [2.45, 2.75) is 88.5 Å². The Bertz CT molecular complexity index is 1210. The van der Waals surface area contributed by atoms with E-state index in [0.29, 0.717) is 5.92 Å². The molecule has 208 valence electrons. The number of rotatable bonds is 8. The molecule has 2 fully saturated rings. The minimum absolute atomic E-state index is 0.123. The molecule has 40 heavy (non-hydrogen) atoms. The second-order valence-corrected chi connectivity index (χ2v) is 17.8. The molecule has 0 N–H and O–H groups in total. The molecule has 3 aliphatic rings. The molecule has 6 rings (SSSR count). The third-order valence-electron chi connectivity index (χ3n) is 9.43. The Labute approximate surface area is 244 Å². The first kappa shape index (κ1) is 27.9. The summed E-state index contributed by atoms with van der Waals surface area (Å²) in [4.78, 5) is 0. The van der Waals surface area contributed by atoms with E-state index < -0.39 is 7.05 Å². The van der Waals surface area contributed by atoms with Crippen LogP contribution in [0.15, 0.2) is 119 Å². The van der Waals surface area contributed by atoms with Gasteiger partial charge in [0.1, 0.15) is 0 Å². The van der Waals surface area contributed by atoms with Crippen LogP contribution in [0.25, 0.3) is 0 Å². The van der Waals surface area contributed by atoms with E-state index in [1.807, 2.05) is 0 Å². The Hall–Kier alpha value is -2.20. The maximum absolute atomic E-state index is 6.05. The normalized spacial score (nSPS) is 21.4. The molecule has 3 aromatic rings. The molecule has 0 amide bonds. The lowest BCUT2D eigenvalue weighted by Crippen LogP contribution is -2.28. The van der Waals surface area contributed by atoms with E-state index in [2.05, 4.69) is 116 Å². The maximum atomic E-state index is 6.05. The first-order valence-corrected chi connectivity index (χ1v) is 18.9. The van der Waals surface area contributed by atoms with E-state index in [9.17, 15) is 0 Å². The fraction of sp³-hybridized carbons (Fsp3) is 0.405. The third kappa shape index (κ3) is 5.75. The fourth-order valence-electron chi connectivity index (χ4n) is 7.51. The Kier molecular flexibility index (Phi) is 9.21. The third-order valence-corrected chi connectivity index (χ3v) is 16.9. The zero-order chi connectivity index (χ0) is 27.2. The first-order chi connectivity index (χ1) is 19.8. The number of benzene rings is 3. The predicted octanol–water partition coefficient (Wildman–Crippen LogP) is 9.77. The zero-order valence-corrected chi connectivity index (χ0v) is 25.9. The van der Waals surface area contributed by atoms with Crippen LogP contribution < -0.4 is 15.9 Å². The second-order valence-electron chi connectivity index (χ2n) is 12.0. The Balaban J connectivity index is 1.46. The van der Waals surface area contributed by atoms with Crippen LogP contribution in [-0.4, -0.2) is 17.4 Å². The highest BCUT2D eigenvalue weighted by Gasteiger charge is 2.39. The summed E-state index contributed by atoms with van der Waals surface area (Å²) in [5, 5.41) is 5.84. The molecule has 3 aliphatic carbocycles. The summed E-state index contributed by atoms with van der Waals surface area (Å²) < 4.78 is 6.05. The molecular formula is C37H45NP2. The molecule has 2 saturated carbocycles. The quantitative estimate of drug-likeness (QED) is 0.241. The van der Waals surface area contributed by atoms with Gasteiger partial charge in [0, 0.05) is 21.8 Å². The van der Waals surface area contributed by atoms with E-state index >= 15 is 0 Å². The molecule has 3 heteroatoms. The molecule has 0 bridgehead atoms. The molecule has 3 aromatic carbocycles. The summed E-state index contributed by atoms with van der Waals surface area (Å²) in [6.45, 7) is 2.42. The summed E-state index contributed by atoms with van der Waals surface area (Å²) >= 11 is 0. The molecule has 0 heterocycles. The highest BCUT2D eigenvalue weighted by atomic mass is 31.2. The molecule has 1 nitrogen and oxygen atoms in total. The lowest BCUT2D eigenvalue weighted by Gasteiger charge is -2.42. The van der Waals surface area contributed by atoms with Crippen molar-refractivity contribution in [3.8, 4) is 0 Å². The van der Waals surface area contributed by atoms with Gasteiger partial charge in [0.2, 0.25) is 0 Å². The van der Waals surface area contributed by atoms with E-state index in [1.165, 1.54) is 80.1 Å². The van der Waals surface area contributed by atoms with Crippen molar-refractivity contribution in [1.82, 2.24) is 0 Å². The van der Waals surface area contributed by atoms with Crippen molar-refractivity contribution >= 4 is 30.9 Å². The summed E-state index contributed by atoms with van der Waals surface area (Å²) in [5.74, 6) is 0.422. The van der Waals surface area contributed by atoms with Gasteiger partial charge in [-0.15, -0.1) is 0 Å². The topological polar surface area (TPSA) is 12.4 Å². The van der Waals surface area contributed by atoms with Gasteiger partial charge < -0.3 is 0 Å². The average molecular weight is 566 g/mol. The summed E-state index contributed by atoms with van der Waals surface area (Å²) in [7, 11) is -2.34. The van der Waals surface area contributed by atoms with Gasteiger partial charge in [0.05, 0.1) is 13.1 Å². The van der Waals surface area contributed by atoms with E-state index in [-0.39, 0.29) is 14.0 Å². The van der Waals surface area contributed by atoms with E-state index in [0.717, 1.165) is 11.3 Å². The van der Waals surface area contributed by atoms with Gasteiger partial charge in [0.15, 0.2) is 0 Å².